The van der Waals surface area contributed by atoms with Gasteiger partial charge in [0.1, 0.15) is 17.8 Å². The lowest BCUT2D eigenvalue weighted by molar-refractivity contribution is 0.0526. The van der Waals surface area contributed by atoms with Gasteiger partial charge >= 0.3 is 6.09 Å². The van der Waals surface area contributed by atoms with Crippen molar-refractivity contribution in [3.05, 3.63) is 58.1 Å². The summed E-state index contributed by atoms with van der Waals surface area (Å²) in [5.74, 6) is 1.44. The topological polar surface area (TPSA) is 128 Å². The van der Waals surface area contributed by atoms with Gasteiger partial charge in [-0.2, -0.15) is 5.10 Å². The summed E-state index contributed by atoms with van der Waals surface area (Å²) in [6.45, 7) is 6.10. The van der Waals surface area contributed by atoms with Crippen LogP contribution in [0.4, 0.5) is 10.6 Å². The maximum atomic E-state index is 13.7. The van der Waals surface area contributed by atoms with Gasteiger partial charge in [-0.25, -0.2) is 24.3 Å². The maximum absolute atomic E-state index is 13.7. The lowest BCUT2D eigenvalue weighted by atomic mass is 10.1. The summed E-state index contributed by atoms with van der Waals surface area (Å²) in [5.41, 5.74) is 0.325. The fourth-order valence-corrected chi connectivity index (χ4v) is 4.51. The van der Waals surface area contributed by atoms with Crippen molar-refractivity contribution in [1.29, 1.82) is 0 Å². The van der Waals surface area contributed by atoms with Crippen molar-refractivity contribution in [2.45, 2.75) is 58.2 Å². The zero-order valence-electron chi connectivity index (χ0n) is 20.9. The number of amides is 1. The Morgan fingerprint density at radius 1 is 1.27 bits per heavy atom. The molecule has 1 amide bonds. The highest BCUT2D eigenvalue weighted by Crippen LogP contribution is 2.42. The van der Waals surface area contributed by atoms with Gasteiger partial charge in [-0.05, 0) is 58.1 Å². The molecule has 1 unspecified atom stereocenters. The molecule has 12 heteroatoms. The molecule has 0 radical (unpaired) electrons. The van der Waals surface area contributed by atoms with E-state index in [2.05, 4.69) is 25.7 Å². The molecule has 1 aromatic carbocycles. The predicted molar refractivity (Wildman–Crippen MR) is 140 cm³/mol. The van der Waals surface area contributed by atoms with Gasteiger partial charge in [0.15, 0.2) is 11.5 Å². The summed E-state index contributed by atoms with van der Waals surface area (Å²) in [7, 11) is 0. The first kappa shape index (κ1) is 24.9. The predicted octanol–water partition coefficient (Wildman–Crippen LogP) is 3.97. The molecule has 1 aliphatic carbocycles. The molecule has 0 bridgehead atoms. The number of carbonyl (C=O) groups excluding carboxylic acids is 1. The molecule has 5 rings (SSSR count). The number of hydrogen-bond donors (Lipinski definition) is 2. The van der Waals surface area contributed by atoms with Gasteiger partial charge in [-0.3, -0.25) is 9.36 Å². The number of imidazole rings is 1. The van der Waals surface area contributed by atoms with Crippen LogP contribution in [-0.2, 0) is 11.3 Å². The van der Waals surface area contributed by atoms with E-state index in [1.54, 1.807) is 39.7 Å². The van der Waals surface area contributed by atoms with E-state index in [9.17, 15) is 9.59 Å². The Kier molecular flexibility index (Phi) is 6.72. The smallest absolute Gasteiger partial charge is 0.407 e. The van der Waals surface area contributed by atoms with Gasteiger partial charge in [0, 0.05) is 25.5 Å². The van der Waals surface area contributed by atoms with Gasteiger partial charge < -0.3 is 15.4 Å². The Labute approximate surface area is 218 Å². The Hall–Kier alpha value is -3.73. The van der Waals surface area contributed by atoms with Gasteiger partial charge in [-0.15, -0.1) is 0 Å². The monoisotopic (exact) mass is 524 g/mol. The van der Waals surface area contributed by atoms with Crippen LogP contribution in [0.5, 0.6) is 0 Å². The van der Waals surface area contributed by atoms with Crippen molar-refractivity contribution in [2.24, 2.45) is 5.92 Å². The van der Waals surface area contributed by atoms with Crippen LogP contribution >= 0.6 is 11.6 Å². The molecule has 3 aromatic heterocycles. The van der Waals surface area contributed by atoms with Crippen LogP contribution in [0.25, 0.3) is 16.6 Å². The van der Waals surface area contributed by atoms with Crippen LogP contribution < -0.4 is 16.2 Å². The van der Waals surface area contributed by atoms with E-state index in [1.165, 1.54) is 6.33 Å². The number of rotatable bonds is 8. The van der Waals surface area contributed by atoms with E-state index in [0.29, 0.717) is 52.7 Å². The number of fused-ring (bicyclic) bond motifs is 2. The molecule has 1 atom stereocenters. The largest absolute Gasteiger partial charge is 0.444 e. The molecular weight excluding hydrogens is 496 g/mol. The summed E-state index contributed by atoms with van der Waals surface area (Å²) in [6, 6.07) is 4.99. The Bertz CT molecular complexity index is 1510. The zero-order valence-corrected chi connectivity index (χ0v) is 21.7. The van der Waals surface area contributed by atoms with Crippen LogP contribution in [0.1, 0.15) is 51.9 Å². The van der Waals surface area contributed by atoms with E-state index in [4.69, 9.17) is 21.3 Å². The summed E-state index contributed by atoms with van der Waals surface area (Å²) in [5, 5.41) is 11.2. The third kappa shape index (κ3) is 5.51. The standard InChI is InChI=1S/C25H29ClN8O3/c1-25(2,3)37-24(36)28-10-5-12-33-21(31-17-7-4-6-16(26)18(17)23(33)35)19(15-8-9-15)32-20-22-27-11-13-34(22)30-14-29-20/h4,6-7,11,13-15,19H,5,8-10,12H2,1-3H3,(H,28,36)(H,29,30,32). The lowest BCUT2D eigenvalue weighted by Crippen LogP contribution is -2.34. The third-order valence-corrected chi connectivity index (χ3v) is 6.36. The Balaban J connectivity index is 1.48. The average Bonchev–Trinajstić information content (AvgIpc) is 3.55. The minimum atomic E-state index is -0.586. The number of hydrogen-bond acceptors (Lipinski definition) is 8. The molecule has 1 saturated carbocycles. The third-order valence-electron chi connectivity index (χ3n) is 6.05. The minimum Gasteiger partial charge on any atom is -0.444 e. The molecule has 0 spiro atoms. The van der Waals surface area contributed by atoms with Gasteiger partial charge in [0.2, 0.25) is 0 Å². The van der Waals surface area contributed by atoms with E-state index in [0.717, 1.165) is 12.8 Å². The number of ether oxygens (including phenoxy) is 1. The molecule has 4 aromatic rings. The molecule has 1 fully saturated rings. The van der Waals surface area contributed by atoms with Gasteiger partial charge in [0.25, 0.3) is 5.56 Å². The van der Waals surface area contributed by atoms with Crippen molar-refractivity contribution in [1.82, 2.24) is 34.4 Å². The molecule has 0 aliphatic heterocycles. The number of benzene rings is 1. The van der Waals surface area contributed by atoms with Crippen LogP contribution in [0.15, 0.2) is 41.7 Å². The number of anilines is 1. The van der Waals surface area contributed by atoms with Crippen LogP contribution in [0.2, 0.25) is 5.02 Å². The minimum absolute atomic E-state index is 0.219. The van der Waals surface area contributed by atoms with E-state index >= 15 is 0 Å². The number of nitrogens with zero attached hydrogens (tertiary/aromatic N) is 6. The molecule has 194 valence electrons. The molecule has 11 nitrogen and oxygen atoms in total. The highest BCUT2D eigenvalue weighted by Gasteiger charge is 2.36. The molecular formula is C25H29ClN8O3. The summed E-state index contributed by atoms with van der Waals surface area (Å²) < 4.78 is 8.60. The molecule has 1 aliphatic rings. The summed E-state index contributed by atoms with van der Waals surface area (Å²) >= 11 is 6.42. The molecule has 3 heterocycles. The SMILES string of the molecule is CC(C)(C)OC(=O)NCCCn1c(C(Nc2ncnn3ccnc23)C2CC2)nc2cccc(Cl)c2c1=O. The normalized spacial score (nSPS) is 14.6. The zero-order chi connectivity index (χ0) is 26.2. The summed E-state index contributed by atoms with van der Waals surface area (Å²) in [6.07, 6.45) is 6.87. The van der Waals surface area contributed by atoms with Crippen molar-refractivity contribution < 1.29 is 9.53 Å². The fourth-order valence-electron chi connectivity index (χ4n) is 4.26. The number of nitrogens with one attached hydrogen (secondary N) is 2. The lowest BCUT2D eigenvalue weighted by Gasteiger charge is -2.23. The number of halogens is 1. The first-order valence-electron chi connectivity index (χ1n) is 12.3. The van der Waals surface area contributed by atoms with Crippen LogP contribution in [-0.4, -0.2) is 47.4 Å². The number of alkyl carbamates (subject to hydrolysis) is 1. The maximum Gasteiger partial charge on any atom is 0.407 e. The molecule has 37 heavy (non-hydrogen) atoms. The quantitative estimate of drug-likeness (QED) is 0.331. The van der Waals surface area contributed by atoms with Crippen LogP contribution in [0, 0.1) is 5.92 Å². The second kappa shape index (κ2) is 9.97. The van der Waals surface area contributed by atoms with E-state index < -0.39 is 11.7 Å². The fraction of sp³-hybridized carbons (Fsp3) is 0.440. The number of aromatic nitrogens is 6. The molecule has 0 saturated heterocycles. The van der Waals surface area contributed by atoms with Crippen molar-refractivity contribution in [3.63, 3.8) is 0 Å². The first-order valence-corrected chi connectivity index (χ1v) is 12.7. The van der Waals surface area contributed by atoms with Crippen molar-refractivity contribution in [2.75, 3.05) is 11.9 Å². The second-order valence-electron chi connectivity index (χ2n) is 10.1. The van der Waals surface area contributed by atoms with Crippen molar-refractivity contribution >= 4 is 40.1 Å². The van der Waals surface area contributed by atoms with Crippen LogP contribution in [0.3, 0.4) is 0 Å². The Morgan fingerprint density at radius 2 is 2.08 bits per heavy atom. The first-order chi connectivity index (χ1) is 17.7. The summed E-state index contributed by atoms with van der Waals surface area (Å²) in [4.78, 5) is 39.5. The van der Waals surface area contributed by atoms with Gasteiger partial charge in [0.05, 0.1) is 22.0 Å². The van der Waals surface area contributed by atoms with E-state index in [1.807, 2.05) is 20.8 Å². The average molecular weight is 525 g/mol. The number of carbonyl (C=O) groups is 1. The molecule has 2 N–H and O–H groups in total. The Morgan fingerprint density at radius 3 is 2.84 bits per heavy atom. The van der Waals surface area contributed by atoms with Gasteiger partial charge in [-0.1, -0.05) is 17.7 Å². The second-order valence-corrected chi connectivity index (χ2v) is 10.5. The highest BCUT2D eigenvalue weighted by atomic mass is 35.5. The van der Waals surface area contributed by atoms with Crippen molar-refractivity contribution in [3.8, 4) is 0 Å². The van der Waals surface area contributed by atoms with E-state index in [-0.39, 0.29) is 17.5 Å². The highest BCUT2D eigenvalue weighted by molar-refractivity contribution is 6.35.